The molecule has 0 saturated heterocycles. The van der Waals surface area contributed by atoms with E-state index in [0.717, 1.165) is 0 Å². The average molecular weight is 208 g/mol. The van der Waals surface area contributed by atoms with Crippen LogP contribution in [0.4, 0.5) is 0 Å². The summed E-state index contributed by atoms with van der Waals surface area (Å²) in [6.07, 6.45) is 0.580. The Morgan fingerprint density at radius 3 is 2.53 bits per heavy atom. The molecular weight excluding hydrogens is 196 g/mol. The average Bonchev–Trinajstić information content (AvgIpc) is 2.16. The lowest BCUT2D eigenvalue weighted by Crippen LogP contribution is -2.05. The fraction of sp³-hybridized carbons (Fsp3) is 0.273. The molecule has 4 heteroatoms. The number of hydrogen-bond acceptors (Lipinski definition) is 3. The summed E-state index contributed by atoms with van der Waals surface area (Å²) < 4.78 is 4.86. The number of esters is 1. The van der Waals surface area contributed by atoms with Crippen molar-refractivity contribution < 1.29 is 19.4 Å². The quantitative estimate of drug-likeness (QED) is 0.608. The lowest BCUT2D eigenvalue weighted by molar-refractivity contribution is -0.131. The monoisotopic (exact) mass is 208 g/mol. The first kappa shape index (κ1) is 11.2. The van der Waals surface area contributed by atoms with Gasteiger partial charge in [-0.1, -0.05) is 6.92 Å². The van der Waals surface area contributed by atoms with Crippen LogP contribution >= 0.6 is 0 Å². The number of aromatic carboxylic acids is 1. The second-order valence-electron chi connectivity index (χ2n) is 3.07. The summed E-state index contributed by atoms with van der Waals surface area (Å²) in [7, 11) is 0. The molecule has 0 saturated carbocycles. The molecule has 0 unspecified atom stereocenters. The maximum atomic E-state index is 10.8. The predicted molar refractivity (Wildman–Crippen MR) is 54.1 cm³/mol. The Morgan fingerprint density at radius 2 is 2.07 bits per heavy atom. The molecule has 1 aromatic rings. The third-order valence-corrected chi connectivity index (χ3v) is 1.95. The summed E-state index contributed by atoms with van der Waals surface area (Å²) in [5.74, 6) is -1.01. The van der Waals surface area contributed by atoms with Crippen LogP contribution in [0.25, 0.3) is 0 Å². The zero-order valence-corrected chi connectivity index (χ0v) is 8.61. The minimum atomic E-state index is -0.971. The molecule has 0 spiro atoms. The number of carbonyl (C=O) groups is 2. The van der Waals surface area contributed by atoms with E-state index in [1.807, 2.05) is 6.92 Å². The van der Waals surface area contributed by atoms with Gasteiger partial charge in [-0.2, -0.15) is 0 Å². The first-order valence-corrected chi connectivity index (χ1v) is 4.59. The number of hydrogen-bond donors (Lipinski definition) is 1. The highest BCUT2D eigenvalue weighted by Crippen LogP contribution is 2.18. The maximum Gasteiger partial charge on any atom is 0.335 e. The second-order valence-corrected chi connectivity index (χ2v) is 3.07. The fourth-order valence-corrected chi connectivity index (χ4v) is 1.30. The van der Waals surface area contributed by atoms with Crippen LogP contribution in [0.5, 0.6) is 5.75 Å². The highest BCUT2D eigenvalue weighted by Gasteiger charge is 2.10. The highest BCUT2D eigenvalue weighted by atomic mass is 16.5. The molecule has 0 bridgehead atoms. The predicted octanol–water partition coefficient (Wildman–Crippen LogP) is 1.87. The summed E-state index contributed by atoms with van der Waals surface area (Å²) in [6.45, 7) is 3.15. The van der Waals surface area contributed by atoms with Crippen molar-refractivity contribution in [2.24, 2.45) is 0 Å². The number of carbonyl (C=O) groups excluding carboxylic acids is 1. The zero-order chi connectivity index (χ0) is 11.4. The summed E-state index contributed by atoms with van der Waals surface area (Å²) in [6, 6.07) is 4.49. The molecule has 15 heavy (non-hydrogen) atoms. The van der Waals surface area contributed by atoms with Crippen LogP contribution in [-0.2, 0) is 11.2 Å². The first-order chi connectivity index (χ1) is 7.04. The van der Waals surface area contributed by atoms with Crippen molar-refractivity contribution in [3.05, 3.63) is 29.3 Å². The fourth-order valence-electron chi connectivity index (χ4n) is 1.30. The van der Waals surface area contributed by atoms with E-state index in [1.54, 1.807) is 6.07 Å². The molecule has 1 rings (SSSR count). The molecule has 0 amide bonds. The Kier molecular flexibility index (Phi) is 3.44. The van der Waals surface area contributed by atoms with E-state index in [2.05, 4.69) is 0 Å². The summed E-state index contributed by atoms with van der Waals surface area (Å²) in [5.41, 5.74) is 0.898. The smallest absolute Gasteiger partial charge is 0.335 e. The largest absolute Gasteiger partial charge is 0.478 e. The molecule has 1 N–H and O–H groups in total. The zero-order valence-electron chi connectivity index (χ0n) is 8.61. The van der Waals surface area contributed by atoms with E-state index in [9.17, 15) is 9.59 Å². The Hall–Kier alpha value is -1.84. The van der Waals surface area contributed by atoms with E-state index in [1.165, 1.54) is 19.1 Å². The summed E-state index contributed by atoms with van der Waals surface area (Å²) >= 11 is 0. The van der Waals surface area contributed by atoms with Crippen molar-refractivity contribution in [1.82, 2.24) is 0 Å². The summed E-state index contributed by atoms with van der Waals surface area (Å²) in [5, 5.41) is 8.86. The molecule has 0 atom stereocenters. The standard InChI is InChI=1S/C11H12O4/c1-3-8-6-9(15-7(2)12)4-5-10(8)11(13)14/h4-6H,3H2,1-2H3,(H,13,14). The highest BCUT2D eigenvalue weighted by molar-refractivity contribution is 5.89. The van der Waals surface area contributed by atoms with Gasteiger partial charge in [0.15, 0.2) is 0 Å². The van der Waals surface area contributed by atoms with Crippen molar-refractivity contribution in [3.8, 4) is 5.75 Å². The normalized spacial score (nSPS) is 9.73. The Labute approximate surface area is 87.5 Å². The molecular formula is C11H12O4. The van der Waals surface area contributed by atoms with Crippen molar-refractivity contribution in [2.75, 3.05) is 0 Å². The van der Waals surface area contributed by atoms with E-state index in [0.29, 0.717) is 17.7 Å². The van der Waals surface area contributed by atoms with Crippen LogP contribution in [-0.4, -0.2) is 17.0 Å². The van der Waals surface area contributed by atoms with Gasteiger partial charge in [-0.3, -0.25) is 4.79 Å². The number of benzene rings is 1. The van der Waals surface area contributed by atoms with Gasteiger partial charge in [-0.05, 0) is 30.2 Å². The van der Waals surface area contributed by atoms with Gasteiger partial charge < -0.3 is 9.84 Å². The minimum Gasteiger partial charge on any atom is -0.478 e. The van der Waals surface area contributed by atoms with Crippen LogP contribution in [0.3, 0.4) is 0 Å². The molecule has 0 aliphatic heterocycles. The third kappa shape index (κ3) is 2.80. The van der Waals surface area contributed by atoms with Gasteiger partial charge >= 0.3 is 11.9 Å². The van der Waals surface area contributed by atoms with E-state index < -0.39 is 11.9 Å². The third-order valence-electron chi connectivity index (χ3n) is 1.95. The van der Waals surface area contributed by atoms with Gasteiger partial charge in [0, 0.05) is 6.92 Å². The Morgan fingerprint density at radius 1 is 1.40 bits per heavy atom. The van der Waals surface area contributed by atoms with Crippen LogP contribution < -0.4 is 4.74 Å². The van der Waals surface area contributed by atoms with Gasteiger partial charge in [0.05, 0.1) is 5.56 Å². The molecule has 0 aliphatic carbocycles. The number of aryl methyl sites for hydroxylation is 1. The molecule has 0 heterocycles. The molecule has 0 aromatic heterocycles. The van der Waals surface area contributed by atoms with E-state index in [4.69, 9.17) is 9.84 Å². The van der Waals surface area contributed by atoms with Gasteiger partial charge in [-0.25, -0.2) is 4.79 Å². The lowest BCUT2D eigenvalue weighted by atomic mass is 10.1. The molecule has 0 aliphatic rings. The van der Waals surface area contributed by atoms with Gasteiger partial charge in [0.1, 0.15) is 5.75 Å². The number of rotatable bonds is 3. The van der Waals surface area contributed by atoms with Gasteiger partial charge in [0.2, 0.25) is 0 Å². The van der Waals surface area contributed by atoms with Crippen molar-refractivity contribution in [2.45, 2.75) is 20.3 Å². The molecule has 1 aromatic carbocycles. The lowest BCUT2D eigenvalue weighted by Gasteiger charge is -2.06. The number of carboxylic acid groups (broad SMARTS) is 1. The van der Waals surface area contributed by atoms with Crippen LogP contribution in [0.15, 0.2) is 18.2 Å². The van der Waals surface area contributed by atoms with E-state index in [-0.39, 0.29) is 5.56 Å². The van der Waals surface area contributed by atoms with Gasteiger partial charge in [-0.15, -0.1) is 0 Å². The number of ether oxygens (including phenoxy) is 1. The minimum absolute atomic E-state index is 0.244. The first-order valence-electron chi connectivity index (χ1n) is 4.59. The van der Waals surface area contributed by atoms with Crippen LogP contribution in [0.1, 0.15) is 29.8 Å². The molecule has 0 radical (unpaired) electrons. The van der Waals surface area contributed by atoms with Crippen molar-refractivity contribution in [1.29, 1.82) is 0 Å². The van der Waals surface area contributed by atoms with Crippen LogP contribution in [0.2, 0.25) is 0 Å². The van der Waals surface area contributed by atoms with Crippen LogP contribution in [0, 0.1) is 0 Å². The Bertz CT molecular complexity index is 396. The molecule has 80 valence electrons. The van der Waals surface area contributed by atoms with Crippen molar-refractivity contribution >= 4 is 11.9 Å². The Balaban J connectivity index is 3.07. The SMILES string of the molecule is CCc1cc(OC(C)=O)ccc1C(=O)O. The molecule has 4 nitrogen and oxygen atoms in total. The summed E-state index contributed by atoms with van der Waals surface area (Å²) in [4.78, 5) is 21.5. The molecule has 0 fully saturated rings. The van der Waals surface area contributed by atoms with Gasteiger partial charge in [0.25, 0.3) is 0 Å². The van der Waals surface area contributed by atoms with Crippen molar-refractivity contribution in [3.63, 3.8) is 0 Å². The topological polar surface area (TPSA) is 63.6 Å². The van der Waals surface area contributed by atoms with E-state index >= 15 is 0 Å². The second kappa shape index (κ2) is 4.59. The number of carboxylic acids is 1. The maximum absolute atomic E-state index is 10.8.